The van der Waals surface area contributed by atoms with E-state index in [4.69, 9.17) is 4.74 Å². The summed E-state index contributed by atoms with van der Waals surface area (Å²) in [4.78, 5) is 0. The Morgan fingerprint density at radius 2 is 1.73 bits per heavy atom. The molecule has 1 aromatic carbocycles. The zero-order chi connectivity index (χ0) is 11.6. The van der Waals surface area contributed by atoms with Gasteiger partial charge in [-0.1, -0.05) is 20.8 Å². The van der Waals surface area contributed by atoms with Gasteiger partial charge in [-0.15, -0.1) is 0 Å². The molecule has 0 fully saturated rings. The van der Waals surface area contributed by atoms with Crippen LogP contribution in [-0.2, 0) is 5.41 Å². The second-order valence-electron chi connectivity index (χ2n) is 5.13. The number of ether oxygens (including phenoxy) is 1. The van der Waals surface area contributed by atoms with E-state index in [2.05, 4.69) is 20.8 Å². The summed E-state index contributed by atoms with van der Waals surface area (Å²) in [6.45, 7) is 10.3. The van der Waals surface area contributed by atoms with Crippen molar-refractivity contribution in [3.05, 3.63) is 23.8 Å². The lowest BCUT2D eigenvalue weighted by Gasteiger charge is -2.21. The summed E-state index contributed by atoms with van der Waals surface area (Å²) in [5.74, 6) is 0.994. The van der Waals surface area contributed by atoms with Crippen LogP contribution in [-0.4, -0.2) is 11.2 Å². The van der Waals surface area contributed by atoms with Crippen LogP contribution in [0.4, 0.5) is 0 Å². The minimum Gasteiger partial charge on any atom is -0.508 e. The minimum absolute atomic E-state index is 0.0217. The predicted octanol–water partition coefficient (Wildman–Crippen LogP) is 3.48. The Hall–Kier alpha value is -1.18. The van der Waals surface area contributed by atoms with Gasteiger partial charge in [0.25, 0.3) is 0 Å². The normalized spacial score (nSPS) is 11.9. The van der Waals surface area contributed by atoms with E-state index < -0.39 is 0 Å². The third kappa shape index (κ3) is 3.46. The first-order valence-corrected chi connectivity index (χ1v) is 5.30. The van der Waals surface area contributed by atoms with Crippen molar-refractivity contribution in [2.75, 3.05) is 0 Å². The molecule has 0 aliphatic rings. The van der Waals surface area contributed by atoms with Crippen LogP contribution in [0.1, 0.15) is 40.2 Å². The lowest BCUT2D eigenvalue weighted by molar-refractivity contribution is 0.241. The van der Waals surface area contributed by atoms with E-state index in [0.717, 1.165) is 11.3 Å². The molecule has 0 unspecified atom stereocenters. The highest BCUT2D eigenvalue weighted by molar-refractivity contribution is 5.40. The zero-order valence-electron chi connectivity index (χ0n) is 10.2. The summed E-state index contributed by atoms with van der Waals surface area (Å²) in [6.07, 6.45) is 0.125. The van der Waals surface area contributed by atoms with Gasteiger partial charge in [0.15, 0.2) is 0 Å². The third-order valence-electron chi connectivity index (χ3n) is 2.13. The summed E-state index contributed by atoms with van der Waals surface area (Å²) < 4.78 is 5.57. The summed E-state index contributed by atoms with van der Waals surface area (Å²) in [6, 6.07) is 5.42. The summed E-state index contributed by atoms with van der Waals surface area (Å²) in [5.41, 5.74) is 1.10. The molecule has 0 radical (unpaired) electrons. The summed E-state index contributed by atoms with van der Waals surface area (Å²) in [7, 11) is 0. The highest BCUT2D eigenvalue weighted by atomic mass is 16.5. The maximum Gasteiger partial charge on any atom is 0.123 e. The molecule has 84 valence electrons. The Kier molecular flexibility index (Phi) is 3.28. The monoisotopic (exact) mass is 208 g/mol. The van der Waals surface area contributed by atoms with Gasteiger partial charge < -0.3 is 9.84 Å². The highest BCUT2D eigenvalue weighted by Crippen LogP contribution is 2.30. The van der Waals surface area contributed by atoms with Crippen LogP contribution in [0.2, 0.25) is 0 Å². The Morgan fingerprint density at radius 1 is 1.13 bits per heavy atom. The smallest absolute Gasteiger partial charge is 0.123 e. The van der Waals surface area contributed by atoms with Gasteiger partial charge in [-0.05, 0) is 37.0 Å². The molecule has 0 atom stereocenters. The molecule has 0 saturated carbocycles. The number of phenolic OH excluding ortho intramolecular Hbond substituents is 1. The van der Waals surface area contributed by atoms with Crippen molar-refractivity contribution in [3.63, 3.8) is 0 Å². The van der Waals surface area contributed by atoms with E-state index in [9.17, 15) is 5.11 Å². The lowest BCUT2D eigenvalue weighted by Crippen LogP contribution is -2.12. The minimum atomic E-state index is 0.0217. The van der Waals surface area contributed by atoms with Crippen LogP contribution >= 0.6 is 0 Å². The second kappa shape index (κ2) is 4.13. The van der Waals surface area contributed by atoms with Gasteiger partial charge in [0.2, 0.25) is 0 Å². The zero-order valence-corrected chi connectivity index (χ0v) is 10.2. The van der Waals surface area contributed by atoms with Crippen LogP contribution in [0.25, 0.3) is 0 Å². The molecule has 0 bridgehead atoms. The van der Waals surface area contributed by atoms with E-state index in [1.807, 2.05) is 19.9 Å². The maximum atomic E-state index is 9.59. The Balaban J connectivity index is 3.06. The van der Waals surface area contributed by atoms with Crippen LogP contribution < -0.4 is 4.74 Å². The molecular formula is C13H20O2. The van der Waals surface area contributed by atoms with Gasteiger partial charge in [0.1, 0.15) is 11.5 Å². The van der Waals surface area contributed by atoms with E-state index >= 15 is 0 Å². The first kappa shape index (κ1) is 11.9. The fourth-order valence-electron chi connectivity index (χ4n) is 1.36. The van der Waals surface area contributed by atoms with Crippen LogP contribution in [0, 0.1) is 0 Å². The SMILES string of the molecule is CC(C)Oc1cc(O)cc(C(C)(C)C)c1. The molecule has 0 amide bonds. The van der Waals surface area contributed by atoms with Gasteiger partial charge in [-0.25, -0.2) is 0 Å². The van der Waals surface area contributed by atoms with Crippen molar-refractivity contribution in [1.82, 2.24) is 0 Å². The maximum absolute atomic E-state index is 9.59. The van der Waals surface area contributed by atoms with Gasteiger partial charge in [0.05, 0.1) is 6.10 Å². The van der Waals surface area contributed by atoms with Crippen molar-refractivity contribution in [2.24, 2.45) is 0 Å². The van der Waals surface area contributed by atoms with Crippen molar-refractivity contribution >= 4 is 0 Å². The average molecular weight is 208 g/mol. The number of phenols is 1. The Morgan fingerprint density at radius 3 is 2.20 bits per heavy atom. The number of benzene rings is 1. The molecular weight excluding hydrogens is 188 g/mol. The average Bonchev–Trinajstić information content (AvgIpc) is 1.99. The highest BCUT2D eigenvalue weighted by Gasteiger charge is 2.15. The van der Waals surface area contributed by atoms with Gasteiger partial charge in [-0.2, -0.15) is 0 Å². The second-order valence-corrected chi connectivity index (χ2v) is 5.13. The van der Waals surface area contributed by atoms with Gasteiger partial charge in [0, 0.05) is 6.07 Å². The molecule has 1 rings (SSSR count). The molecule has 0 aliphatic carbocycles. The third-order valence-corrected chi connectivity index (χ3v) is 2.13. The molecule has 15 heavy (non-hydrogen) atoms. The molecule has 1 aromatic rings. The Bertz CT molecular complexity index is 335. The molecule has 0 heterocycles. The standard InChI is InChI=1S/C13H20O2/c1-9(2)15-12-7-10(13(3,4)5)6-11(14)8-12/h6-9,14H,1-5H3. The van der Waals surface area contributed by atoms with E-state index in [-0.39, 0.29) is 17.3 Å². The molecule has 0 aromatic heterocycles. The van der Waals surface area contributed by atoms with Crippen LogP contribution in [0.3, 0.4) is 0 Å². The van der Waals surface area contributed by atoms with Gasteiger partial charge >= 0.3 is 0 Å². The molecule has 0 aliphatic heterocycles. The predicted molar refractivity (Wildman–Crippen MR) is 62.6 cm³/mol. The van der Waals surface area contributed by atoms with E-state index in [0.29, 0.717) is 0 Å². The molecule has 0 saturated heterocycles. The quantitative estimate of drug-likeness (QED) is 0.806. The van der Waals surface area contributed by atoms with Gasteiger partial charge in [-0.3, -0.25) is 0 Å². The largest absolute Gasteiger partial charge is 0.508 e. The molecule has 0 spiro atoms. The van der Waals surface area contributed by atoms with E-state index in [1.165, 1.54) is 0 Å². The van der Waals surface area contributed by atoms with Crippen LogP contribution in [0.15, 0.2) is 18.2 Å². The first-order valence-electron chi connectivity index (χ1n) is 5.30. The summed E-state index contributed by atoms with van der Waals surface area (Å²) >= 11 is 0. The lowest BCUT2D eigenvalue weighted by atomic mass is 9.87. The number of hydrogen-bond donors (Lipinski definition) is 1. The molecule has 1 N–H and O–H groups in total. The number of rotatable bonds is 2. The van der Waals surface area contributed by atoms with E-state index in [1.54, 1.807) is 12.1 Å². The van der Waals surface area contributed by atoms with Crippen molar-refractivity contribution in [1.29, 1.82) is 0 Å². The fraction of sp³-hybridized carbons (Fsp3) is 0.538. The number of aromatic hydroxyl groups is 1. The molecule has 2 heteroatoms. The molecule has 2 nitrogen and oxygen atoms in total. The van der Waals surface area contributed by atoms with Crippen LogP contribution in [0.5, 0.6) is 11.5 Å². The Labute approximate surface area is 91.9 Å². The van der Waals surface area contributed by atoms with Crippen molar-refractivity contribution in [3.8, 4) is 11.5 Å². The first-order chi connectivity index (χ1) is 6.79. The van der Waals surface area contributed by atoms with Crippen molar-refractivity contribution < 1.29 is 9.84 Å². The topological polar surface area (TPSA) is 29.5 Å². The fourth-order valence-corrected chi connectivity index (χ4v) is 1.36. The van der Waals surface area contributed by atoms with Crippen molar-refractivity contribution in [2.45, 2.75) is 46.1 Å². The number of hydrogen-bond acceptors (Lipinski definition) is 2. The summed E-state index contributed by atoms with van der Waals surface area (Å²) in [5, 5.41) is 9.59.